The molecule has 0 bridgehead atoms. The molecule has 1 atom stereocenters. The lowest BCUT2D eigenvalue weighted by Gasteiger charge is -2.04. The summed E-state index contributed by atoms with van der Waals surface area (Å²) in [5, 5.41) is 7.50. The number of hydrogen-bond donors (Lipinski definition) is 1. The molecule has 0 fully saturated rings. The Labute approximate surface area is 130 Å². The fourth-order valence-corrected chi connectivity index (χ4v) is 2.80. The molecule has 21 heavy (non-hydrogen) atoms. The summed E-state index contributed by atoms with van der Waals surface area (Å²) in [5.41, 5.74) is 3.38. The molecule has 0 unspecified atom stereocenters. The topological polar surface area (TPSA) is 51.0 Å². The van der Waals surface area contributed by atoms with Crippen LogP contribution >= 0.6 is 15.9 Å². The van der Waals surface area contributed by atoms with E-state index in [0.29, 0.717) is 11.7 Å². The van der Waals surface area contributed by atoms with Crippen LogP contribution < -0.4 is 5.32 Å². The highest BCUT2D eigenvalue weighted by Crippen LogP contribution is 2.33. The van der Waals surface area contributed by atoms with Gasteiger partial charge in [-0.3, -0.25) is 0 Å². The number of halogens is 1. The van der Waals surface area contributed by atoms with E-state index in [9.17, 15) is 0 Å². The molecule has 0 saturated carbocycles. The van der Waals surface area contributed by atoms with Crippen molar-refractivity contribution in [3.63, 3.8) is 0 Å². The Morgan fingerprint density at radius 1 is 1.10 bits per heavy atom. The van der Waals surface area contributed by atoms with Crippen LogP contribution in [0, 0.1) is 0 Å². The van der Waals surface area contributed by atoms with Crippen molar-refractivity contribution in [3.8, 4) is 11.4 Å². The first-order valence-electron chi connectivity index (χ1n) is 6.73. The second kappa shape index (κ2) is 5.00. The second-order valence-corrected chi connectivity index (χ2v) is 5.94. The molecule has 3 aromatic rings. The van der Waals surface area contributed by atoms with Gasteiger partial charge in [-0.2, -0.15) is 4.98 Å². The molecule has 2 aromatic carbocycles. The molecule has 1 N–H and O–H groups in total. The van der Waals surface area contributed by atoms with Crippen LogP contribution in [0.1, 0.15) is 17.5 Å². The first-order valence-corrected chi connectivity index (χ1v) is 7.53. The quantitative estimate of drug-likeness (QED) is 0.758. The van der Waals surface area contributed by atoms with E-state index in [1.807, 2.05) is 36.4 Å². The highest BCUT2D eigenvalue weighted by molar-refractivity contribution is 9.10. The van der Waals surface area contributed by atoms with E-state index in [-0.39, 0.29) is 6.04 Å². The van der Waals surface area contributed by atoms with Gasteiger partial charge in [0.25, 0.3) is 0 Å². The van der Waals surface area contributed by atoms with Crippen molar-refractivity contribution in [1.29, 1.82) is 0 Å². The van der Waals surface area contributed by atoms with Crippen molar-refractivity contribution in [2.24, 2.45) is 0 Å². The second-order valence-electron chi connectivity index (χ2n) is 5.02. The smallest absolute Gasteiger partial charge is 0.249 e. The van der Waals surface area contributed by atoms with E-state index < -0.39 is 0 Å². The Bertz CT molecular complexity index is 757. The predicted molar refractivity (Wildman–Crippen MR) is 83.9 cm³/mol. The summed E-state index contributed by atoms with van der Waals surface area (Å²) >= 11 is 3.42. The molecule has 4 rings (SSSR count). The molecular formula is C16H12BrN3O. The fourth-order valence-electron chi connectivity index (χ4n) is 2.54. The van der Waals surface area contributed by atoms with Crippen molar-refractivity contribution in [1.82, 2.24) is 10.1 Å². The normalized spacial score (nSPS) is 16.5. The largest absolute Gasteiger partial charge is 0.373 e. The lowest BCUT2D eigenvalue weighted by molar-refractivity contribution is 0.364. The van der Waals surface area contributed by atoms with E-state index in [4.69, 9.17) is 4.52 Å². The molecule has 104 valence electrons. The summed E-state index contributed by atoms with van der Waals surface area (Å²) in [6.45, 7) is 0. The summed E-state index contributed by atoms with van der Waals surface area (Å²) in [6.07, 6.45) is 0.873. The molecular weight excluding hydrogens is 330 g/mol. The molecule has 0 spiro atoms. The van der Waals surface area contributed by atoms with Gasteiger partial charge < -0.3 is 9.84 Å². The van der Waals surface area contributed by atoms with Crippen LogP contribution in [0.2, 0.25) is 0 Å². The average Bonchev–Trinajstić information content (AvgIpc) is 3.14. The molecule has 1 aliphatic rings. The van der Waals surface area contributed by atoms with Gasteiger partial charge in [0.1, 0.15) is 6.04 Å². The monoisotopic (exact) mass is 341 g/mol. The zero-order valence-electron chi connectivity index (χ0n) is 11.1. The van der Waals surface area contributed by atoms with Crippen LogP contribution in [0.25, 0.3) is 11.4 Å². The number of nitrogens with zero attached hydrogens (tertiary/aromatic N) is 2. The standard InChI is InChI=1S/C16H12BrN3O/c17-12-7-5-10(6-8-12)15-19-16(21-20-15)14-9-11-3-1-2-4-13(11)18-14/h1-8,14,18H,9H2/t14-/m0/s1. The molecule has 2 heterocycles. The van der Waals surface area contributed by atoms with Crippen molar-refractivity contribution in [3.05, 3.63) is 64.5 Å². The summed E-state index contributed by atoms with van der Waals surface area (Å²) in [7, 11) is 0. The van der Waals surface area contributed by atoms with Crippen LogP contribution in [-0.2, 0) is 6.42 Å². The molecule has 0 saturated heterocycles. The number of rotatable bonds is 2. The van der Waals surface area contributed by atoms with Gasteiger partial charge in [-0.05, 0) is 35.9 Å². The van der Waals surface area contributed by atoms with Crippen molar-refractivity contribution >= 4 is 21.6 Å². The van der Waals surface area contributed by atoms with Gasteiger partial charge in [-0.15, -0.1) is 0 Å². The minimum atomic E-state index is 0.0547. The van der Waals surface area contributed by atoms with E-state index in [2.05, 4.69) is 43.5 Å². The van der Waals surface area contributed by atoms with Crippen LogP contribution in [-0.4, -0.2) is 10.1 Å². The van der Waals surface area contributed by atoms with Gasteiger partial charge in [0.2, 0.25) is 11.7 Å². The predicted octanol–water partition coefficient (Wildman–Crippen LogP) is 4.21. The Morgan fingerprint density at radius 3 is 2.71 bits per heavy atom. The summed E-state index contributed by atoms with van der Waals surface area (Å²) in [6, 6.07) is 16.2. The van der Waals surface area contributed by atoms with Crippen molar-refractivity contribution in [2.45, 2.75) is 12.5 Å². The highest BCUT2D eigenvalue weighted by atomic mass is 79.9. The van der Waals surface area contributed by atoms with Gasteiger partial charge >= 0.3 is 0 Å². The van der Waals surface area contributed by atoms with E-state index in [0.717, 1.165) is 22.1 Å². The van der Waals surface area contributed by atoms with E-state index in [1.165, 1.54) is 5.56 Å². The average molecular weight is 342 g/mol. The number of hydrogen-bond acceptors (Lipinski definition) is 4. The maximum absolute atomic E-state index is 5.43. The zero-order chi connectivity index (χ0) is 14.2. The maximum atomic E-state index is 5.43. The van der Waals surface area contributed by atoms with Gasteiger partial charge in [0.05, 0.1) is 0 Å². The third-order valence-corrected chi connectivity index (χ3v) is 4.14. The maximum Gasteiger partial charge on any atom is 0.249 e. The highest BCUT2D eigenvalue weighted by Gasteiger charge is 2.26. The zero-order valence-corrected chi connectivity index (χ0v) is 12.7. The molecule has 1 aliphatic heterocycles. The summed E-state index contributed by atoms with van der Waals surface area (Å²) in [4.78, 5) is 4.52. The molecule has 5 heteroatoms. The Hall–Kier alpha value is -2.14. The number of aromatic nitrogens is 2. The van der Waals surface area contributed by atoms with Gasteiger partial charge in [-0.25, -0.2) is 0 Å². The van der Waals surface area contributed by atoms with Crippen LogP contribution in [0.5, 0.6) is 0 Å². The van der Waals surface area contributed by atoms with Crippen molar-refractivity contribution in [2.75, 3.05) is 5.32 Å². The third kappa shape index (κ3) is 2.34. The lowest BCUT2D eigenvalue weighted by Crippen LogP contribution is -2.05. The SMILES string of the molecule is Brc1ccc(-c2noc([C@@H]3Cc4ccccc4N3)n2)cc1. The van der Waals surface area contributed by atoms with E-state index in [1.54, 1.807) is 0 Å². The Balaban J connectivity index is 1.60. The number of fused-ring (bicyclic) bond motifs is 1. The Morgan fingerprint density at radius 2 is 1.90 bits per heavy atom. The van der Waals surface area contributed by atoms with E-state index >= 15 is 0 Å². The molecule has 0 radical (unpaired) electrons. The minimum Gasteiger partial charge on any atom is -0.373 e. The summed E-state index contributed by atoms with van der Waals surface area (Å²) in [5.74, 6) is 1.25. The molecule has 4 nitrogen and oxygen atoms in total. The lowest BCUT2D eigenvalue weighted by atomic mass is 10.1. The van der Waals surface area contributed by atoms with Crippen LogP contribution in [0.4, 0.5) is 5.69 Å². The fraction of sp³-hybridized carbons (Fsp3) is 0.125. The molecule has 0 amide bonds. The van der Waals surface area contributed by atoms with Gasteiger partial charge in [0, 0.05) is 22.1 Å². The van der Waals surface area contributed by atoms with Gasteiger partial charge in [-0.1, -0.05) is 39.3 Å². The first kappa shape index (κ1) is 12.6. The van der Waals surface area contributed by atoms with Crippen molar-refractivity contribution < 1.29 is 4.52 Å². The third-order valence-electron chi connectivity index (χ3n) is 3.61. The number of benzene rings is 2. The summed E-state index contributed by atoms with van der Waals surface area (Å²) < 4.78 is 6.46. The van der Waals surface area contributed by atoms with Gasteiger partial charge in [0.15, 0.2) is 0 Å². The Kier molecular flexibility index (Phi) is 3.00. The number of nitrogens with one attached hydrogen (secondary N) is 1. The first-order chi connectivity index (χ1) is 10.3. The molecule has 0 aliphatic carbocycles. The van der Waals surface area contributed by atoms with Crippen LogP contribution in [0.15, 0.2) is 57.5 Å². The minimum absolute atomic E-state index is 0.0547. The number of anilines is 1. The number of para-hydroxylation sites is 1. The molecule has 1 aromatic heterocycles. The van der Waals surface area contributed by atoms with Crippen LogP contribution in [0.3, 0.4) is 0 Å².